The quantitative estimate of drug-likeness (QED) is 0.0595. The number of nitrogens with zero attached hydrogens (tertiary/aromatic N) is 10. The van der Waals surface area contributed by atoms with Crippen LogP contribution in [-0.2, 0) is 40.1 Å². The fourth-order valence-electron chi connectivity index (χ4n) is 14.9. The van der Waals surface area contributed by atoms with Gasteiger partial charge in [0.25, 0.3) is 23.6 Å². The van der Waals surface area contributed by atoms with Gasteiger partial charge in [0.15, 0.2) is 0 Å². The van der Waals surface area contributed by atoms with Crippen LogP contribution in [0.1, 0.15) is 67.1 Å². The smallest absolute Gasteiger partial charge is 0.258 e. The molecule has 0 aliphatic carbocycles. The second kappa shape index (κ2) is 36.7. The summed E-state index contributed by atoms with van der Waals surface area (Å²) in [6, 6.07) is 69.5. The van der Waals surface area contributed by atoms with Crippen LogP contribution in [0.3, 0.4) is 0 Å². The number of hydrogen-bond donors (Lipinski definition) is 5. The molecule has 27 nitrogen and oxygen atoms in total. The van der Waals surface area contributed by atoms with Gasteiger partial charge in [-0.3, -0.25) is 51.4 Å². The van der Waals surface area contributed by atoms with Crippen molar-refractivity contribution in [2.75, 3.05) is 93.4 Å². The van der Waals surface area contributed by atoms with Crippen molar-refractivity contribution in [3.63, 3.8) is 0 Å². The standard InChI is InChI=1S/C24H19ClN4O3S.2C24H19FN4O3S.C20H18ClN3O3S/c25-20-11-8-17(14-19(20)23-15-26-21-4-1-2-5-22(21)28-23)27-24(30)16-6-9-18(10-7-16)29-12-3-13-33(29,31)32;25-20-15-18(29-12-3-13-33(29,31)32)7-8-19(20)24(30)27-17-5-1-4-16(14-17)21-9-10-22-23(28-21)6-2-11-26-22;25-21-14-19(29-11-2-12-33(29,31)32)6-7-20(21)24(30)27-18-4-1-3-16(13-18)22-8-5-17-15-26-10-9-23(17)28-22;21-16-9-10-18(15-3-1-4-17(22)19(15)16)23-20(25)13-5-7-14(8-6-13)24-11-2-12-28(24,26)27/h2*1-2,4-11,14-15H,3,12-13H2,(H,27,30);1,3-10,13-15H,2,11-12H2,(H,27,30);1,3-10H,2,11-12,22H2,(H,23,25). The lowest BCUT2D eigenvalue weighted by molar-refractivity contribution is 0.101. The van der Waals surface area contributed by atoms with Crippen LogP contribution >= 0.6 is 23.2 Å². The molecule has 4 fully saturated rings. The van der Waals surface area contributed by atoms with E-state index in [-0.39, 0.29) is 57.3 Å². The van der Waals surface area contributed by atoms with Gasteiger partial charge in [0.1, 0.15) is 11.6 Å². The molecule has 0 unspecified atom stereocenters. The maximum absolute atomic E-state index is 14.7. The Kier molecular flexibility index (Phi) is 25.0. The van der Waals surface area contributed by atoms with E-state index in [4.69, 9.17) is 28.9 Å². The van der Waals surface area contributed by atoms with Gasteiger partial charge in [-0.15, -0.1) is 0 Å². The molecule has 4 aliphatic rings. The number of halogens is 4. The Bertz CT molecular complexity index is 7130. The minimum atomic E-state index is -3.43. The molecule has 0 saturated carbocycles. The second-order valence-electron chi connectivity index (χ2n) is 29.7. The number of para-hydroxylation sites is 2. The number of nitrogens with one attached hydrogen (secondary N) is 4. The minimum Gasteiger partial charge on any atom is -0.398 e. The van der Waals surface area contributed by atoms with Crippen molar-refractivity contribution >= 4 is 182 Å². The predicted octanol–water partition coefficient (Wildman–Crippen LogP) is 17.1. The van der Waals surface area contributed by atoms with Crippen LogP contribution in [0.2, 0.25) is 10.0 Å². The molecule has 0 bridgehead atoms. The van der Waals surface area contributed by atoms with Gasteiger partial charge in [0.05, 0.1) is 118 Å². The number of hydrogen-bond acceptors (Lipinski definition) is 19. The second-order valence-corrected chi connectivity index (χ2v) is 38.5. The fourth-order valence-corrected chi connectivity index (χ4v) is 21.6. The lowest BCUT2D eigenvalue weighted by Crippen LogP contribution is -2.25. The molecule has 0 spiro atoms. The van der Waals surface area contributed by atoms with Crippen LogP contribution in [-0.4, -0.2) is 136 Å². The highest BCUT2D eigenvalue weighted by Crippen LogP contribution is 2.38. The molecule has 127 heavy (non-hydrogen) atoms. The Morgan fingerprint density at radius 2 is 0.827 bits per heavy atom. The number of nitrogens with two attached hydrogens (primary N) is 1. The number of anilines is 9. The summed E-state index contributed by atoms with van der Waals surface area (Å²) in [7, 11) is -13.4. The number of fused-ring (bicyclic) bond motifs is 4. The molecule has 5 aromatic heterocycles. The highest BCUT2D eigenvalue weighted by atomic mass is 35.5. The Hall–Kier alpha value is -14.0. The number of pyridine rings is 4. The highest BCUT2D eigenvalue weighted by Gasteiger charge is 2.33. The number of sulfonamides is 4. The number of rotatable bonds is 15. The zero-order valence-corrected chi connectivity index (χ0v) is 71.8. The average molecular weight is 1820 g/mol. The van der Waals surface area contributed by atoms with Gasteiger partial charge in [-0.1, -0.05) is 71.7 Å². The lowest BCUT2D eigenvalue weighted by Gasteiger charge is -2.17. The maximum atomic E-state index is 14.7. The van der Waals surface area contributed by atoms with Crippen molar-refractivity contribution in [1.29, 1.82) is 0 Å². The van der Waals surface area contributed by atoms with E-state index in [0.29, 0.717) is 135 Å². The predicted molar refractivity (Wildman–Crippen MR) is 494 cm³/mol. The van der Waals surface area contributed by atoms with E-state index in [1.54, 1.807) is 152 Å². The van der Waals surface area contributed by atoms with Crippen molar-refractivity contribution in [1.82, 2.24) is 29.9 Å². The van der Waals surface area contributed by atoms with Crippen LogP contribution < -0.4 is 44.2 Å². The van der Waals surface area contributed by atoms with E-state index in [1.165, 1.54) is 41.5 Å². The average Bonchev–Trinajstić information content (AvgIpc) is 1.79. The fraction of sp³-hybridized carbons (Fsp3) is 0.130. The maximum Gasteiger partial charge on any atom is 0.258 e. The summed E-state index contributed by atoms with van der Waals surface area (Å²) in [5, 5.41) is 14.5. The number of nitrogen functional groups attached to an aromatic ring is 1. The summed E-state index contributed by atoms with van der Waals surface area (Å²) in [5.74, 6) is -3.07. The van der Waals surface area contributed by atoms with E-state index < -0.39 is 63.5 Å². The third-order valence-electron chi connectivity index (χ3n) is 21.2. The topological polar surface area (TPSA) is 369 Å². The van der Waals surface area contributed by atoms with Crippen LogP contribution in [0.15, 0.2) is 274 Å². The van der Waals surface area contributed by atoms with E-state index in [0.717, 1.165) is 67.3 Å². The molecule has 10 aromatic carbocycles. The largest absolute Gasteiger partial charge is 0.398 e. The molecule has 6 N–H and O–H groups in total. The lowest BCUT2D eigenvalue weighted by atomic mass is 10.1. The molecule has 35 heteroatoms. The summed E-state index contributed by atoms with van der Waals surface area (Å²) >= 11 is 12.6. The van der Waals surface area contributed by atoms with Crippen LogP contribution in [0.5, 0.6) is 0 Å². The Morgan fingerprint density at radius 3 is 1.36 bits per heavy atom. The summed E-state index contributed by atoms with van der Waals surface area (Å²) < 4.78 is 131. The molecule has 15 aromatic rings. The van der Waals surface area contributed by atoms with E-state index >= 15 is 0 Å². The Morgan fingerprint density at radius 1 is 0.370 bits per heavy atom. The molecule has 0 atom stereocenters. The minimum absolute atomic E-state index is 0.0375. The highest BCUT2D eigenvalue weighted by molar-refractivity contribution is 7.94. The summed E-state index contributed by atoms with van der Waals surface area (Å²) in [6.45, 7) is 1.53. The zero-order valence-electron chi connectivity index (χ0n) is 67.1. The molecule has 9 heterocycles. The van der Waals surface area contributed by atoms with Gasteiger partial charge in [0.2, 0.25) is 40.1 Å². The molecule has 0 radical (unpaired) electrons. The van der Waals surface area contributed by atoms with Gasteiger partial charge < -0.3 is 27.0 Å². The first-order valence-electron chi connectivity index (χ1n) is 39.8. The van der Waals surface area contributed by atoms with Gasteiger partial charge in [-0.25, -0.2) is 57.4 Å². The van der Waals surface area contributed by atoms with E-state index in [9.17, 15) is 61.6 Å². The van der Waals surface area contributed by atoms with Crippen molar-refractivity contribution in [2.24, 2.45) is 0 Å². The van der Waals surface area contributed by atoms with Gasteiger partial charge >= 0.3 is 0 Å². The zero-order chi connectivity index (χ0) is 88.9. The molecular formula is C92H75Cl2F2N15O12S4. The van der Waals surface area contributed by atoms with Crippen LogP contribution in [0, 0.1) is 11.6 Å². The first kappa shape index (κ1) is 86.6. The van der Waals surface area contributed by atoms with Crippen molar-refractivity contribution in [3.8, 4) is 33.8 Å². The molecule has 4 saturated heterocycles. The third-order valence-corrected chi connectivity index (χ3v) is 29.3. The van der Waals surface area contributed by atoms with Crippen LogP contribution in [0.4, 0.5) is 60.0 Å². The van der Waals surface area contributed by atoms with Crippen molar-refractivity contribution in [3.05, 3.63) is 317 Å². The van der Waals surface area contributed by atoms with E-state index in [2.05, 4.69) is 51.2 Å². The molecule has 19 rings (SSSR count). The number of benzene rings is 10. The van der Waals surface area contributed by atoms with E-state index in [1.807, 2.05) is 84.9 Å². The monoisotopic (exact) mass is 1820 g/mol. The van der Waals surface area contributed by atoms with Gasteiger partial charge in [0, 0.05) is 117 Å². The summed E-state index contributed by atoms with van der Waals surface area (Å²) in [6.07, 6.45) is 8.96. The van der Waals surface area contributed by atoms with Gasteiger partial charge in [-0.2, -0.15) is 0 Å². The molecule has 4 aliphatic heterocycles. The number of carbonyl (C=O) groups is 4. The molecule has 4 amide bonds. The third kappa shape index (κ3) is 19.5. The summed E-state index contributed by atoms with van der Waals surface area (Å²) in [5.41, 5.74) is 18.9. The first-order valence-corrected chi connectivity index (χ1v) is 47.0. The summed E-state index contributed by atoms with van der Waals surface area (Å²) in [4.78, 5) is 77.5. The SMILES string of the molecule is Nc1cccc2c(NC(=O)c3ccc(N4CCCS4(=O)=O)cc3)ccc(Cl)c12.O=C(Nc1ccc(Cl)c(-c2cnc3ccccc3n2)c1)c1ccc(N2CCCS2(=O)=O)cc1.O=C(Nc1cccc(-c2ccc3cnccc3n2)c1)c1ccc(N2CCCS2(=O)=O)cc1F.O=C(Nc1cccc(-c2ccc3ncccc3n2)c1)c1ccc(N2CCCS2(=O)=O)cc1F. The first-order chi connectivity index (χ1) is 61.1. The number of aromatic nitrogens is 6. The van der Waals surface area contributed by atoms with Gasteiger partial charge in [-0.05, 0) is 226 Å². The van der Waals surface area contributed by atoms with Crippen molar-refractivity contribution < 1.29 is 61.6 Å². The van der Waals surface area contributed by atoms with Crippen molar-refractivity contribution in [2.45, 2.75) is 25.7 Å². The number of amides is 4. The molecule has 642 valence electrons. The number of carbonyl (C=O) groups excluding carboxylic acids is 4. The van der Waals surface area contributed by atoms with Crippen LogP contribution in [0.25, 0.3) is 77.5 Å². The normalized spacial score (nSPS) is 15.1. The Balaban J connectivity index is 0.000000125. The molecular weight excluding hydrogens is 1740 g/mol. The Labute approximate surface area is 738 Å².